The van der Waals surface area contributed by atoms with Gasteiger partial charge in [-0.15, -0.1) is 0 Å². The first-order chi connectivity index (χ1) is 29.1. The Labute approximate surface area is 345 Å². The summed E-state index contributed by atoms with van der Waals surface area (Å²) in [5.74, 6) is 2.50. The van der Waals surface area contributed by atoms with E-state index in [-0.39, 0.29) is 0 Å². The number of nitrogens with zero attached hydrogens (tertiary/aromatic N) is 4. The van der Waals surface area contributed by atoms with E-state index >= 15 is 0 Å². The molecule has 0 saturated carbocycles. The lowest BCUT2D eigenvalue weighted by Gasteiger charge is -2.24. The number of fused-ring (bicyclic) bond motifs is 3. The lowest BCUT2D eigenvalue weighted by Crippen LogP contribution is -2.08. The van der Waals surface area contributed by atoms with Crippen LogP contribution in [0.5, 0.6) is 0 Å². The molecule has 10 rings (SSSR count). The van der Waals surface area contributed by atoms with E-state index in [1.165, 1.54) is 66.5 Å². The molecule has 0 spiro atoms. The summed E-state index contributed by atoms with van der Waals surface area (Å²) in [6.07, 6.45) is 7.68. The van der Waals surface area contributed by atoms with Crippen molar-refractivity contribution in [3.63, 3.8) is 0 Å². The Morgan fingerprint density at radius 2 is 1.10 bits per heavy atom. The van der Waals surface area contributed by atoms with Gasteiger partial charge in [-0.1, -0.05) is 164 Å². The summed E-state index contributed by atoms with van der Waals surface area (Å²) in [5.41, 5.74) is 15.8. The summed E-state index contributed by atoms with van der Waals surface area (Å²) >= 11 is 0. The lowest BCUT2D eigenvalue weighted by atomic mass is 9.81. The normalized spacial score (nSPS) is 14.0. The van der Waals surface area contributed by atoms with Crippen LogP contribution in [0.1, 0.15) is 36.5 Å². The summed E-state index contributed by atoms with van der Waals surface area (Å²) in [6.45, 7) is 4.64. The van der Waals surface area contributed by atoms with Crippen LogP contribution in [0.15, 0.2) is 194 Å². The molecule has 0 fully saturated rings. The largest absolute Gasteiger partial charge is 0.309 e. The van der Waals surface area contributed by atoms with Gasteiger partial charge in [0.1, 0.15) is 0 Å². The van der Waals surface area contributed by atoms with E-state index in [0.717, 1.165) is 36.0 Å². The van der Waals surface area contributed by atoms with Crippen LogP contribution in [0.4, 0.5) is 0 Å². The van der Waals surface area contributed by atoms with Crippen LogP contribution in [0.3, 0.4) is 0 Å². The van der Waals surface area contributed by atoms with Crippen LogP contribution < -0.4 is 0 Å². The number of rotatable bonds is 9. The van der Waals surface area contributed by atoms with Gasteiger partial charge in [-0.2, -0.15) is 0 Å². The Kier molecular flexibility index (Phi) is 9.59. The molecule has 2 aromatic heterocycles. The van der Waals surface area contributed by atoms with Crippen molar-refractivity contribution in [2.24, 2.45) is 5.92 Å². The molecule has 284 valence electrons. The molecule has 1 unspecified atom stereocenters. The fraction of sp³-hybridized carbons (Fsp3) is 0.109. The van der Waals surface area contributed by atoms with Crippen LogP contribution >= 0.6 is 0 Å². The molecule has 59 heavy (non-hydrogen) atoms. The number of aryl methyl sites for hydroxylation is 2. The first-order valence-corrected chi connectivity index (χ1v) is 20.6. The van der Waals surface area contributed by atoms with E-state index in [1.54, 1.807) is 0 Å². The lowest BCUT2D eigenvalue weighted by molar-refractivity contribution is 0.650. The quantitative estimate of drug-likeness (QED) is 0.147. The molecule has 9 aromatic rings. The third kappa shape index (κ3) is 7.08. The molecular weight excluding hydrogens is 717 g/mol. The second-order valence-electron chi connectivity index (χ2n) is 15.7. The van der Waals surface area contributed by atoms with Gasteiger partial charge in [-0.3, -0.25) is 0 Å². The van der Waals surface area contributed by atoms with Gasteiger partial charge in [0, 0.05) is 33.2 Å². The number of para-hydroxylation sites is 2. The highest BCUT2D eigenvalue weighted by Crippen LogP contribution is 2.39. The van der Waals surface area contributed by atoms with Crippen molar-refractivity contribution in [3.8, 4) is 51.0 Å². The Balaban J connectivity index is 0.952. The average molecular weight is 761 g/mol. The van der Waals surface area contributed by atoms with Gasteiger partial charge in [-0.05, 0) is 102 Å². The predicted octanol–water partition coefficient (Wildman–Crippen LogP) is 13.9. The maximum Gasteiger partial charge on any atom is 0.164 e. The van der Waals surface area contributed by atoms with Crippen LogP contribution in [0, 0.1) is 12.8 Å². The number of allylic oxidation sites excluding steroid dienone is 4. The summed E-state index contributed by atoms with van der Waals surface area (Å²) in [6, 6.07) is 62.4. The van der Waals surface area contributed by atoms with Gasteiger partial charge < -0.3 is 4.57 Å². The van der Waals surface area contributed by atoms with Crippen LogP contribution in [0.2, 0.25) is 0 Å². The number of hydrogen-bond donors (Lipinski definition) is 0. The first kappa shape index (κ1) is 36.2. The molecule has 0 saturated heterocycles. The predicted molar refractivity (Wildman–Crippen MR) is 245 cm³/mol. The summed E-state index contributed by atoms with van der Waals surface area (Å²) in [7, 11) is 0. The monoisotopic (exact) mass is 760 g/mol. The van der Waals surface area contributed by atoms with Crippen molar-refractivity contribution in [2.45, 2.75) is 33.1 Å². The Bertz CT molecular complexity index is 2970. The zero-order valence-electron chi connectivity index (χ0n) is 33.4. The molecule has 7 aromatic carbocycles. The van der Waals surface area contributed by atoms with E-state index in [1.807, 2.05) is 36.4 Å². The van der Waals surface area contributed by atoms with E-state index in [9.17, 15) is 0 Å². The fourth-order valence-electron chi connectivity index (χ4n) is 8.78. The van der Waals surface area contributed by atoms with Crippen LogP contribution in [-0.4, -0.2) is 19.5 Å². The number of hydrogen-bond acceptors (Lipinski definition) is 3. The zero-order valence-corrected chi connectivity index (χ0v) is 33.4. The maximum absolute atomic E-state index is 4.99. The Hall–Kier alpha value is -7.17. The summed E-state index contributed by atoms with van der Waals surface area (Å²) in [5, 5.41) is 2.54. The smallest absolute Gasteiger partial charge is 0.164 e. The third-order valence-electron chi connectivity index (χ3n) is 11.8. The number of benzene rings is 7. The van der Waals surface area contributed by atoms with E-state index in [4.69, 9.17) is 15.0 Å². The molecule has 4 heteroatoms. The third-order valence-corrected chi connectivity index (χ3v) is 11.8. The van der Waals surface area contributed by atoms with E-state index in [0.29, 0.717) is 23.4 Å². The molecule has 0 bridgehead atoms. The highest BCUT2D eigenvalue weighted by molar-refractivity contribution is 6.10. The molecule has 0 amide bonds. The molecule has 0 N–H and O–H groups in total. The minimum Gasteiger partial charge on any atom is -0.309 e. The van der Waals surface area contributed by atoms with Crippen LogP contribution in [-0.2, 0) is 6.42 Å². The van der Waals surface area contributed by atoms with Gasteiger partial charge in [-0.25, -0.2) is 15.0 Å². The van der Waals surface area contributed by atoms with Crippen molar-refractivity contribution >= 4 is 27.4 Å². The molecular formula is C55H44N4. The second-order valence-corrected chi connectivity index (χ2v) is 15.7. The van der Waals surface area contributed by atoms with E-state index < -0.39 is 0 Å². The Morgan fingerprint density at radius 3 is 1.81 bits per heavy atom. The van der Waals surface area contributed by atoms with Gasteiger partial charge in [0.05, 0.1) is 11.0 Å². The molecule has 1 aliphatic carbocycles. The molecule has 1 aliphatic rings. The average Bonchev–Trinajstić information content (AvgIpc) is 3.63. The molecule has 0 aliphatic heterocycles. The molecule has 1 atom stereocenters. The minimum atomic E-state index is 0.465. The highest BCUT2D eigenvalue weighted by atomic mass is 15.0. The van der Waals surface area contributed by atoms with Crippen molar-refractivity contribution in [1.82, 2.24) is 19.5 Å². The minimum absolute atomic E-state index is 0.465. The van der Waals surface area contributed by atoms with Gasteiger partial charge in [0.15, 0.2) is 17.5 Å². The molecule has 0 radical (unpaired) electrons. The maximum atomic E-state index is 4.99. The van der Waals surface area contributed by atoms with Crippen molar-refractivity contribution in [3.05, 3.63) is 210 Å². The second kappa shape index (κ2) is 15.6. The van der Waals surface area contributed by atoms with Crippen molar-refractivity contribution < 1.29 is 0 Å². The van der Waals surface area contributed by atoms with E-state index in [2.05, 4.69) is 170 Å². The number of aromatic nitrogens is 4. The summed E-state index contributed by atoms with van der Waals surface area (Å²) in [4.78, 5) is 14.9. The van der Waals surface area contributed by atoms with Crippen LogP contribution in [0.25, 0.3) is 78.4 Å². The highest BCUT2D eigenvalue weighted by Gasteiger charge is 2.20. The molecule has 2 heterocycles. The van der Waals surface area contributed by atoms with Crippen molar-refractivity contribution in [2.75, 3.05) is 0 Å². The zero-order chi connectivity index (χ0) is 39.7. The van der Waals surface area contributed by atoms with Gasteiger partial charge >= 0.3 is 0 Å². The van der Waals surface area contributed by atoms with Crippen molar-refractivity contribution in [1.29, 1.82) is 0 Å². The Morgan fingerprint density at radius 1 is 0.508 bits per heavy atom. The molecule has 4 nitrogen and oxygen atoms in total. The standard InChI is InChI=1S/C55H44N4/c1-37-16-14-26-48(47-32-29-42(34-38(47)2)43-30-33-52-50(36-43)49-25-12-13-27-51(49)59(52)45-23-10-5-11-24-45)46(37)31-28-39-17-15-22-44(35-39)55-57-53(40-18-6-3-7-19-40)56-54(58-55)41-20-8-4-9-21-41/h3-15,17-27,29-30,32-37H,16,28,31H2,1-2H3. The first-order valence-electron chi connectivity index (χ1n) is 20.6. The SMILES string of the molecule is Cc1cc(-c2ccc3c(c2)c2ccccc2n3-c2ccccc2)ccc1C1=C(CCc2cccc(-c3nc(-c4ccccc4)nc(-c4ccccc4)n3)c2)C(C)CC=C1. The topological polar surface area (TPSA) is 43.6 Å². The fourth-order valence-corrected chi connectivity index (χ4v) is 8.78. The summed E-state index contributed by atoms with van der Waals surface area (Å²) < 4.78 is 2.38. The van der Waals surface area contributed by atoms with Gasteiger partial charge in [0.25, 0.3) is 0 Å². The van der Waals surface area contributed by atoms with Gasteiger partial charge in [0.2, 0.25) is 0 Å².